The Kier molecular flexibility index (Phi) is 64.9. The lowest BCUT2D eigenvalue weighted by atomic mass is 9.96. The number of nitrogens with one attached hydrogen (secondary N) is 1. The van der Waals surface area contributed by atoms with Crippen LogP contribution >= 0.6 is 0 Å². The molecule has 0 bridgehead atoms. The van der Waals surface area contributed by atoms with Gasteiger partial charge < -0.3 is 89.9 Å². The summed E-state index contributed by atoms with van der Waals surface area (Å²) in [5.41, 5.74) is 0. The SMILES string of the molecule is CCCCCCC/C=C\C/C=C\C/C=C\CCCCCCCCCCCCCCCCCCCCCCCCCCC(=O)NC(COC1OC(CO)C(OC2OC(CO)C(OC3OC(CO)C(O)C(O)C3O)C(O)C2O)C(O)C1O)C(O)/C=C/CC/C=C/CC/C=C/CCCCCCCCCCCCCCCCCC. The van der Waals surface area contributed by atoms with Crippen LogP contribution in [0.3, 0.4) is 0 Å². The largest absolute Gasteiger partial charge is 0.394 e. The summed E-state index contributed by atoms with van der Waals surface area (Å²) in [6, 6.07) is -1.000. The Morgan fingerprint density at radius 2 is 0.609 bits per heavy atom. The van der Waals surface area contributed by atoms with Crippen molar-refractivity contribution in [3.8, 4) is 0 Å². The molecule has 0 aromatic heterocycles. The Labute approximate surface area is 668 Å². The van der Waals surface area contributed by atoms with Crippen molar-refractivity contribution in [1.82, 2.24) is 5.32 Å². The fraction of sp³-hybridized carbons (Fsp3) is 0.857. The summed E-state index contributed by atoms with van der Waals surface area (Å²) in [5.74, 6) is -0.284. The highest BCUT2D eigenvalue weighted by molar-refractivity contribution is 5.76. The van der Waals surface area contributed by atoms with Gasteiger partial charge in [-0.25, -0.2) is 0 Å². The summed E-state index contributed by atoms with van der Waals surface area (Å²) in [7, 11) is 0. The van der Waals surface area contributed by atoms with E-state index >= 15 is 0 Å². The summed E-state index contributed by atoms with van der Waals surface area (Å²) in [6.07, 6.45) is 67.8. The standard InChI is InChI=1S/C91H165NO18/c1-3-5-7-9-11-13-15-17-19-21-23-25-27-29-31-32-33-34-35-36-37-38-39-40-41-42-43-45-47-49-51-53-55-57-59-61-63-65-67-69-79(97)92-74(75(96)68-66-64-62-60-58-56-54-52-50-48-46-44-30-28-26-24-22-20-18-16-14-12-10-8-6-4-2)73-105-89-85(103)82(100)87(77(71-94)107-89)110-91-86(104)83(101)88(78(72-95)108-91)109-90-84(102)81(99)80(98)76(70-93)106-90/h15,17,21,23,27,29,50,52,58,60,66,68,74-78,80-91,93-96,98-104H,3-14,16,18-20,22,24-26,28,30-49,51,53-57,59,61-65,67,69-73H2,1-2H3,(H,92,97)/b17-15-,23-21-,29-27-,52-50+,60-58+,68-66+. The highest BCUT2D eigenvalue weighted by Crippen LogP contribution is 2.34. The van der Waals surface area contributed by atoms with Gasteiger partial charge in [0.1, 0.15) is 73.2 Å². The average Bonchev–Trinajstić information content (AvgIpc) is 0.780. The molecule has 3 heterocycles. The lowest BCUT2D eigenvalue weighted by molar-refractivity contribution is -0.379. The second kappa shape index (κ2) is 70.4. The molecule has 3 aliphatic heterocycles. The predicted molar refractivity (Wildman–Crippen MR) is 443 cm³/mol. The molecule has 17 atom stereocenters. The van der Waals surface area contributed by atoms with Crippen LogP contribution in [0.15, 0.2) is 72.9 Å². The maximum Gasteiger partial charge on any atom is 0.220 e. The molecule has 3 fully saturated rings. The van der Waals surface area contributed by atoms with Gasteiger partial charge in [-0.05, 0) is 83.5 Å². The third-order valence-corrected chi connectivity index (χ3v) is 22.2. The second-order valence-electron chi connectivity index (χ2n) is 32.0. The van der Waals surface area contributed by atoms with E-state index in [4.69, 9.17) is 28.4 Å². The number of allylic oxidation sites excluding steroid dienone is 11. The van der Waals surface area contributed by atoms with E-state index in [1.54, 1.807) is 6.08 Å². The van der Waals surface area contributed by atoms with E-state index in [1.165, 1.54) is 276 Å². The molecule has 3 saturated heterocycles. The first-order chi connectivity index (χ1) is 53.8. The van der Waals surface area contributed by atoms with Crippen LogP contribution in [0.1, 0.15) is 367 Å². The maximum absolute atomic E-state index is 13.5. The third kappa shape index (κ3) is 48.7. The number of ether oxygens (including phenoxy) is 6. The lowest BCUT2D eigenvalue weighted by Gasteiger charge is -2.48. The number of carbonyl (C=O) groups excluding carboxylic acids is 1. The predicted octanol–water partition coefficient (Wildman–Crippen LogP) is 17.1. The van der Waals surface area contributed by atoms with Crippen molar-refractivity contribution in [2.45, 2.75) is 471 Å². The minimum atomic E-state index is -1.99. The van der Waals surface area contributed by atoms with Crippen molar-refractivity contribution in [2.75, 3.05) is 26.4 Å². The van der Waals surface area contributed by atoms with Gasteiger partial charge in [-0.3, -0.25) is 4.79 Å². The molecule has 0 aromatic rings. The molecule has 0 aliphatic carbocycles. The molecular weight excluding hydrogens is 1390 g/mol. The van der Waals surface area contributed by atoms with E-state index in [2.05, 4.69) is 79.9 Å². The molecule has 0 radical (unpaired) electrons. The summed E-state index contributed by atoms with van der Waals surface area (Å²) < 4.78 is 34.5. The van der Waals surface area contributed by atoms with E-state index in [-0.39, 0.29) is 18.9 Å². The number of amides is 1. The molecule has 3 rings (SSSR count). The van der Waals surface area contributed by atoms with Crippen molar-refractivity contribution in [2.24, 2.45) is 0 Å². The molecule has 17 unspecified atom stereocenters. The molecular formula is C91H165NO18. The highest BCUT2D eigenvalue weighted by atomic mass is 16.8. The van der Waals surface area contributed by atoms with Crippen LogP contribution in [0.4, 0.5) is 0 Å². The monoisotopic (exact) mass is 1560 g/mol. The van der Waals surface area contributed by atoms with E-state index in [9.17, 15) is 61.0 Å². The van der Waals surface area contributed by atoms with Crippen LogP contribution in [-0.2, 0) is 33.2 Å². The van der Waals surface area contributed by atoms with Crippen LogP contribution in [0.5, 0.6) is 0 Å². The van der Waals surface area contributed by atoms with Gasteiger partial charge in [0.15, 0.2) is 18.9 Å². The smallest absolute Gasteiger partial charge is 0.220 e. The number of carbonyl (C=O) groups is 1. The summed E-state index contributed by atoms with van der Waals surface area (Å²) in [4.78, 5) is 13.5. The van der Waals surface area contributed by atoms with Crippen molar-refractivity contribution in [3.05, 3.63) is 72.9 Å². The van der Waals surface area contributed by atoms with Crippen LogP contribution in [0.2, 0.25) is 0 Å². The number of hydrogen-bond donors (Lipinski definition) is 12. The van der Waals surface area contributed by atoms with Gasteiger partial charge in [0.25, 0.3) is 0 Å². The van der Waals surface area contributed by atoms with Crippen molar-refractivity contribution in [1.29, 1.82) is 0 Å². The molecule has 642 valence electrons. The van der Waals surface area contributed by atoms with Crippen LogP contribution in [0.25, 0.3) is 0 Å². The van der Waals surface area contributed by atoms with Crippen LogP contribution in [-0.4, -0.2) is 193 Å². The van der Waals surface area contributed by atoms with E-state index in [0.717, 1.165) is 57.8 Å². The molecule has 0 aromatic carbocycles. The Balaban J connectivity index is 1.32. The fourth-order valence-electron chi connectivity index (χ4n) is 15.0. The zero-order valence-electron chi connectivity index (χ0n) is 69.2. The molecule has 110 heavy (non-hydrogen) atoms. The van der Waals surface area contributed by atoms with Gasteiger partial charge >= 0.3 is 0 Å². The van der Waals surface area contributed by atoms with Gasteiger partial charge in [0.05, 0.1) is 38.6 Å². The fourth-order valence-corrected chi connectivity index (χ4v) is 15.0. The molecule has 3 aliphatic rings. The quantitative estimate of drug-likeness (QED) is 0.0199. The zero-order chi connectivity index (χ0) is 79.5. The maximum atomic E-state index is 13.5. The minimum Gasteiger partial charge on any atom is -0.394 e. The number of hydrogen-bond acceptors (Lipinski definition) is 18. The van der Waals surface area contributed by atoms with Gasteiger partial charge in [-0.2, -0.15) is 0 Å². The molecule has 19 nitrogen and oxygen atoms in total. The highest BCUT2D eigenvalue weighted by Gasteiger charge is 2.54. The third-order valence-electron chi connectivity index (χ3n) is 22.2. The lowest BCUT2D eigenvalue weighted by Crippen LogP contribution is -2.66. The summed E-state index contributed by atoms with van der Waals surface area (Å²) in [5, 5.41) is 121. The molecule has 19 heteroatoms. The van der Waals surface area contributed by atoms with E-state index in [1.807, 2.05) is 6.08 Å². The first-order valence-corrected chi connectivity index (χ1v) is 45.2. The summed E-state index contributed by atoms with van der Waals surface area (Å²) >= 11 is 0. The Hall–Kier alpha value is -2.77. The van der Waals surface area contributed by atoms with Crippen LogP contribution < -0.4 is 5.32 Å². The number of aliphatic hydroxyl groups excluding tert-OH is 11. The van der Waals surface area contributed by atoms with Crippen molar-refractivity contribution in [3.63, 3.8) is 0 Å². The number of rotatable bonds is 73. The van der Waals surface area contributed by atoms with Gasteiger partial charge in [-0.1, -0.05) is 350 Å². The van der Waals surface area contributed by atoms with Gasteiger partial charge in [-0.15, -0.1) is 0 Å². The topological polar surface area (TPSA) is 307 Å². The van der Waals surface area contributed by atoms with Crippen molar-refractivity contribution >= 4 is 5.91 Å². The minimum absolute atomic E-state index is 0.233. The molecule has 1 amide bonds. The summed E-state index contributed by atoms with van der Waals surface area (Å²) in [6.45, 7) is 1.75. The Bertz CT molecular complexity index is 2270. The molecule has 0 saturated carbocycles. The normalized spacial score (nSPS) is 25.5. The Morgan fingerprint density at radius 3 is 0.973 bits per heavy atom. The van der Waals surface area contributed by atoms with E-state index in [0.29, 0.717) is 12.8 Å². The molecule has 0 spiro atoms. The van der Waals surface area contributed by atoms with E-state index < -0.39 is 124 Å². The average molecular weight is 1560 g/mol. The van der Waals surface area contributed by atoms with Gasteiger partial charge in [0.2, 0.25) is 5.91 Å². The number of unbranched alkanes of at least 4 members (excludes halogenated alkanes) is 47. The van der Waals surface area contributed by atoms with Crippen LogP contribution in [0, 0.1) is 0 Å². The van der Waals surface area contributed by atoms with Gasteiger partial charge in [0, 0.05) is 6.42 Å². The first-order valence-electron chi connectivity index (χ1n) is 45.2. The molecule has 12 N–H and O–H groups in total. The zero-order valence-corrected chi connectivity index (χ0v) is 69.2. The second-order valence-corrected chi connectivity index (χ2v) is 32.0. The van der Waals surface area contributed by atoms with Crippen molar-refractivity contribution < 1.29 is 89.4 Å². The Morgan fingerprint density at radius 1 is 0.327 bits per heavy atom. The number of aliphatic hydroxyl groups is 11. The first kappa shape index (κ1) is 101.